The van der Waals surface area contributed by atoms with E-state index < -0.39 is 0 Å². The molecular formula is C20H30N2O. The molecule has 126 valence electrons. The molecule has 0 spiro atoms. The zero-order valence-corrected chi connectivity index (χ0v) is 14.9. The minimum atomic E-state index is 0.0340. The van der Waals surface area contributed by atoms with Gasteiger partial charge in [0.05, 0.1) is 0 Å². The molecule has 3 nitrogen and oxygen atoms in total. The lowest BCUT2D eigenvalue weighted by Crippen LogP contribution is -2.43. The predicted molar refractivity (Wildman–Crippen MR) is 96.2 cm³/mol. The fourth-order valence-corrected chi connectivity index (χ4v) is 2.77. The predicted octanol–water partition coefficient (Wildman–Crippen LogP) is 4.60. The van der Waals surface area contributed by atoms with Crippen molar-refractivity contribution in [3.63, 3.8) is 0 Å². The quantitative estimate of drug-likeness (QED) is 0.869. The lowest BCUT2D eigenvalue weighted by Gasteiger charge is -2.32. The van der Waals surface area contributed by atoms with E-state index in [0.717, 1.165) is 32.4 Å². The number of carbonyl (C=O) groups is 1. The number of likely N-dealkylation sites (tertiary alicyclic amines) is 1. The molecule has 0 saturated carbocycles. The molecule has 1 aromatic carbocycles. The van der Waals surface area contributed by atoms with Crippen LogP contribution in [-0.2, 0) is 6.42 Å². The number of rotatable bonds is 3. The van der Waals surface area contributed by atoms with Crippen LogP contribution in [0.15, 0.2) is 42.1 Å². The monoisotopic (exact) mass is 314 g/mol. The highest BCUT2D eigenvalue weighted by Crippen LogP contribution is 2.24. The standard InChI is InChI=1S/C20H30N2O/c1-16(20(2,3)4)15-21-19(23)22-12-10-18(11-13-22)14-17-8-6-5-7-9-17/h5-9,15,18H,10-14H2,1-4H3,(H,21,23)/b16-15+. The number of amides is 2. The maximum Gasteiger partial charge on any atom is 0.321 e. The Labute approximate surface area is 140 Å². The Bertz CT molecular complexity index is 535. The molecule has 1 aliphatic heterocycles. The smallest absolute Gasteiger partial charge is 0.321 e. The molecule has 1 aromatic rings. The number of benzene rings is 1. The van der Waals surface area contributed by atoms with Gasteiger partial charge in [0.25, 0.3) is 0 Å². The summed E-state index contributed by atoms with van der Waals surface area (Å²) in [5.74, 6) is 0.688. The lowest BCUT2D eigenvalue weighted by molar-refractivity contribution is 0.173. The van der Waals surface area contributed by atoms with Crippen LogP contribution in [0.4, 0.5) is 4.79 Å². The van der Waals surface area contributed by atoms with Gasteiger partial charge in [-0.25, -0.2) is 4.79 Å². The van der Waals surface area contributed by atoms with Gasteiger partial charge in [0, 0.05) is 19.3 Å². The number of allylic oxidation sites excluding steroid dienone is 1. The van der Waals surface area contributed by atoms with Crippen molar-refractivity contribution in [3.8, 4) is 0 Å². The van der Waals surface area contributed by atoms with Crippen molar-refractivity contribution in [2.75, 3.05) is 13.1 Å². The first-order valence-electron chi connectivity index (χ1n) is 8.63. The second-order valence-corrected chi connectivity index (χ2v) is 7.65. The molecule has 1 saturated heterocycles. The maximum atomic E-state index is 12.3. The van der Waals surface area contributed by atoms with Crippen molar-refractivity contribution in [2.45, 2.75) is 47.0 Å². The van der Waals surface area contributed by atoms with Crippen LogP contribution in [-0.4, -0.2) is 24.0 Å². The third kappa shape index (κ3) is 5.42. The molecule has 0 bridgehead atoms. The largest absolute Gasteiger partial charge is 0.325 e. The van der Waals surface area contributed by atoms with Crippen molar-refractivity contribution < 1.29 is 4.79 Å². The van der Waals surface area contributed by atoms with E-state index in [4.69, 9.17) is 0 Å². The van der Waals surface area contributed by atoms with Gasteiger partial charge in [0.2, 0.25) is 0 Å². The van der Waals surface area contributed by atoms with Crippen LogP contribution < -0.4 is 5.32 Å². The van der Waals surface area contributed by atoms with E-state index in [0.29, 0.717) is 5.92 Å². The molecule has 0 aliphatic carbocycles. The molecule has 1 heterocycles. The van der Waals surface area contributed by atoms with Gasteiger partial charge in [-0.05, 0) is 43.1 Å². The Kier molecular flexibility index (Phi) is 5.86. The van der Waals surface area contributed by atoms with Crippen LogP contribution in [0.3, 0.4) is 0 Å². The Morgan fingerprint density at radius 3 is 2.39 bits per heavy atom. The minimum Gasteiger partial charge on any atom is -0.325 e. The Morgan fingerprint density at radius 2 is 1.83 bits per heavy atom. The Morgan fingerprint density at radius 1 is 1.22 bits per heavy atom. The van der Waals surface area contributed by atoms with E-state index in [9.17, 15) is 4.79 Å². The highest BCUT2D eigenvalue weighted by molar-refractivity contribution is 5.75. The van der Waals surface area contributed by atoms with Gasteiger partial charge in [0.1, 0.15) is 0 Å². The summed E-state index contributed by atoms with van der Waals surface area (Å²) in [6, 6.07) is 10.7. The first-order chi connectivity index (χ1) is 10.9. The van der Waals surface area contributed by atoms with Gasteiger partial charge in [-0.15, -0.1) is 0 Å². The molecule has 3 heteroatoms. The fraction of sp³-hybridized carbons (Fsp3) is 0.550. The highest BCUT2D eigenvalue weighted by atomic mass is 16.2. The maximum absolute atomic E-state index is 12.3. The van der Waals surface area contributed by atoms with Crippen LogP contribution in [0.1, 0.15) is 46.1 Å². The molecule has 1 fully saturated rings. The SMILES string of the molecule is C/C(=C\NC(=O)N1CCC(Cc2ccccc2)CC1)C(C)(C)C. The van der Waals surface area contributed by atoms with Crippen LogP contribution in [0.25, 0.3) is 0 Å². The summed E-state index contributed by atoms with van der Waals surface area (Å²) in [6.45, 7) is 10.2. The summed E-state index contributed by atoms with van der Waals surface area (Å²) in [4.78, 5) is 14.2. The number of nitrogens with zero attached hydrogens (tertiary/aromatic N) is 1. The van der Waals surface area contributed by atoms with E-state index in [1.54, 1.807) is 0 Å². The van der Waals surface area contributed by atoms with Crippen molar-refractivity contribution in [1.29, 1.82) is 0 Å². The van der Waals surface area contributed by atoms with Gasteiger partial charge in [0.15, 0.2) is 0 Å². The molecule has 2 amide bonds. The second kappa shape index (κ2) is 7.67. The van der Waals surface area contributed by atoms with Gasteiger partial charge < -0.3 is 10.2 Å². The molecule has 0 aromatic heterocycles. The molecule has 2 rings (SSSR count). The van der Waals surface area contributed by atoms with Crippen molar-refractivity contribution in [1.82, 2.24) is 10.2 Å². The number of nitrogens with one attached hydrogen (secondary N) is 1. The van der Waals surface area contributed by atoms with E-state index in [2.05, 4.69) is 63.3 Å². The van der Waals surface area contributed by atoms with Crippen LogP contribution in [0, 0.1) is 11.3 Å². The Balaban J connectivity index is 1.79. The van der Waals surface area contributed by atoms with E-state index >= 15 is 0 Å². The summed E-state index contributed by atoms with van der Waals surface area (Å²) < 4.78 is 0. The molecule has 1 N–H and O–H groups in total. The third-order valence-corrected chi connectivity index (χ3v) is 4.86. The second-order valence-electron chi connectivity index (χ2n) is 7.65. The molecule has 23 heavy (non-hydrogen) atoms. The number of carbonyl (C=O) groups excluding carboxylic acids is 1. The zero-order chi connectivity index (χ0) is 16.9. The van der Waals surface area contributed by atoms with Crippen LogP contribution >= 0.6 is 0 Å². The summed E-state index contributed by atoms with van der Waals surface area (Å²) in [6.07, 6.45) is 5.16. The Hall–Kier alpha value is -1.77. The summed E-state index contributed by atoms with van der Waals surface area (Å²) in [5.41, 5.74) is 2.68. The average molecular weight is 314 g/mol. The summed E-state index contributed by atoms with van der Waals surface area (Å²) in [7, 11) is 0. The number of piperidine rings is 1. The van der Waals surface area contributed by atoms with Gasteiger partial charge >= 0.3 is 6.03 Å². The molecule has 0 unspecified atom stereocenters. The molecule has 0 radical (unpaired) electrons. The topological polar surface area (TPSA) is 32.3 Å². The number of hydrogen-bond donors (Lipinski definition) is 1. The van der Waals surface area contributed by atoms with Crippen LogP contribution in [0.5, 0.6) is 0 Å². The van der Waals surface area contributed by atoms with E-state index in [1.165, 1.54) is 11.1 Å². The summed E-state index contributed by atoms with van der Waals surface area (Å²) in [5, 5.41) is 2.95. The van der Waals surface area contributed by atoms with Gasteiger partial charge in [-0.3, -0.25) is 0 Å². The van der Waals surface area contributed by atoms with Crippen LogP contribution in [0.2, 0.25) is 0 Å². The highest BCUT2D eigenvalue weighted by Gasteiger charge is 2.22. The van der Waals surface area contributed by atoms with Crippen molar-refractivity contribution in [3.05, 3.63) is 47.7 Å². The zero-order valence-electron chi connectivity index (χ0n) is 14.9. The van der Waals surface area contributed by atoms with Crippen molar-refractivity contribution >= 4 is 6.03 Å². The number of hydrogen-bond acceptors (Lipinski definition) is 1. The minimum absolute atomic E-state index is 0.0340. The van der Waals surface area contributed by atoms with Gasteiger partial charge in [-0.1, -0.05) is 56.7 Å². The fourth-order valence-electron chi connectivity index (χ4n) is 2.77. The first kappa shape index (κ1) is 17.6. The average Bonchev–Trinajstić information content (AvgIpc) is 2.53. The van der Waals surface area contributed by atoms with Gasteiger partial charge in [-0.2, -0.15) is 0 Å². The molecule has 0 atom stereocenters. The first-order valence-corrected chi connectivity index (χ1v) is 8.63. The van der Waals surface area contributed by atoms with Crippen molar-refractivity contribution in [2.24, 2.45) is 11.3 Å². The molecule has 1 aliphatic rings. The third-order valence-electron chi connectivity index (χ3n) is 4.86. The number of urea groups is 1. The normalized spacial score (nSPS) is 17.2. The summed E-state index contributed by atoms with van der Waals surface area (Å²) >= 11 is 0. The molecular weight excluding hydrogens is 284 g/mol. The van der Waals surface area contributed by atoms with E-state index in [1.807, 2.05) is 11.1 Å². The lowest BCUT2D eigenvalue weighted by atomic mass is 9.88. The van der Waals surface area contributed by atoms with E-state index in [-0.39, 0.29) is 11.4 Å².